The van der Waals surface area contributed by atoms with Crippen molar-refractivity contribution in [2.75, 3.05) is 0 Å². The zero-order valence-electron chi connectivity index (χ0n) is 8.21. The summed E-state index contributed by atoms with van der Waals surface area (Å²) in [4.78, 5) is 10.4. The largest absolute Gasteiger partial charge is 0.481 e. The average molecular weight is 311 g/mol. The topological polar surface area (TPSA) is 63.3 Å². The number of aliphatic carboxylic acids is 1. The third-order valence-electron chi connectivity index (χ3n) is 2.10. The molecular formula is C10H10BrClFNO2. The van der Waals surface area contributed by atoms with Crippen molar-refractivity contribution in [2.24, 2.45) is 5.73 Å². The molecule has 0 aliphatic heterocycles. The highest BCUT2D eigenvalue weighted by Gasteiger charge is 2.13. The third kappa shape index (κ3) is 3.43. The Kier molecular flexibility index (Phi) is 4.70. The predicted octanol–water partition coefficient (Wildman–Crippen LogP) is 3.11. The molecule has 0 saturated carbocycles. The van der Waals surface area contributed by atoms with Gasteiger partial charge in [-0.15, -0.1) is 0 Å². The first-order valence-electron chi connectivity index (χ1n) is 4.53. The van der Waals surface area contributed by atoms with Gasteiger partial charge in [0.05, 0.1) is 5.02 Å². The molecule has 6 heteroatoms. The fraction of sp³-hybridized carbons (Fsp3) is 0.300. The maximum absolute atomic E-state index is 13.3. The van der Waals surface area contributed by atoms with Crippen LogP contribution < -0.4 is 5.73 Å². The van der Waals surface area contributed by atoms with Crippen LogP contribution in [0, 0.1) is 5.82 Å². The fourth-order valence-corrected chi connectivity index (χ4v) is 1.80. The molecule has 3 N–H and O–H groups in total. The summed E-state index contributed by atoms with van der Waals surface area (Å²) in [7, 11) is 0. The molecule has 0 spiro atoms. The van der Waals surface area contributed by atoms with E-state index in [1.54, 1.807) is 6.07 Å². The van der Waals surface area contributed by atoms with Crippen LogP contribution in [0.3, 0.4) is 0 Å². The summed E-state index contributed by atoms with van der Waals surface area (Å²) in [6.45, 7) is 0. The SMILES string of the molecule is NC(CCC(=O)O)c1cc(F)c(Cl)c(Br)c1. The zero-order valence-corrected chi connectivity index (χ0v) is 10.6. The van der Waals surface area contributed by atoms with Gasteiger partial charge in [0.2, 0.25) is 0 Å². The van der Waals surface area contributed by atoms with E-state index in [-0.39, 0.29) is 17.9 Å². The Morgan fingerprint density at radius 1 is 1.62 bits per heavy atom. The number of carboxylic acid groups (broad SMARTS) is 1. The van der Waals surface area contributed by atoms with E-state index in [0.717, 1.165) is 0 Å². The van der Waals surface area contributed by atoms with Crippen LogP contribution in [0.5, 0.6) is 0 Å². The highest BCUT2D eigenvalue weighted by Crippen LogP contribution is 2.29. The van der Waals surface area contributed by atoms with Gasteiger partial charge in [-0.05, 0) is 40.0 Å². The normalized spacial score (nSPS) is 12.5. The summed E-state index contributed by atoms with van der Waals surface area (Å²) in [5, 5.41) is 8.50. The van der Waals surface area contributed by atoms with Gasteiger partial charge in [-0.1, -0.05) is 11.6 Å². The number of carbonyl (C=O) groups is 1. The van der Waals surface area contributed by atoms with Crippen LogP contribution >= 0.6 is 27.5 Å². The Balaban J connectivity index is 2.84. The van der Waals surface area contributed by atoms with Gasteiger partial charge in [-0.3, -0.25) is 4.79 Å². The maximum atomic E-state index is 13.3. The Labute approximate surface area is 106 Å². The second-order valence-corrected chi connectivity index (χ2v) is 4.57. The summed E-state index contributed by atoms with van der Waals surface area (Å²) < 4.78 is 13.7. The number of hydrogen-bond donors (Lipinski definition) is 2. The Hall–Kier alpha value is -0.650. The van der Waals surface area contributed by atoms with Crippen LogP contribution in [0.1, 0.15) is 24.4 Å². The predicted molar refractivity (Wildman–Crippen MR) is 62.9 cm³/mol. The molecule has 3 nitrogen and oxygen atoms in total. The Bertz CT molecular complexity index is 391. The first kappa shape index (κ1) is 13.4. The van der Waals surface area contributed by atoms with Gasteiger partial charge >= 0.3 is 5.97 Å². The van der Waals surface area contributed by atoms with E-state index >= 15 is 0 Å². The molecule has 1 unspecified atom stereocenters. The van der Waals surface area contributed by atoms with Crippen molar-refractivity contribution in [1.82, 2.24) is 0 Å². The molecule has 1 aromatic rings. The lowest BCUT2D eigenvalue weighted by atomic mass is 10.0. The lowest BCUT2D eigenvalue weighted by Gasteiger charge is -2.12. The molecule has 1 rings (SSSR count). The van der Waals surface area contributed by atoms with E-state index in [2.05, 4.69) is 15.9 Å². The van der Waals surface area contributed by atoms with Gasteiger partial charge in [-0.2, -0.15) is 0 Å². The van der Waals surface area contributed by atoms with E-state index in [1.807, 2.05) is 0 Å². The number of carboxylic acids is 1. The van der Waals surface area contributed by atoms with Crippen LogP contribution in [0.2, 0.25) is 5.02 Å². The van der Waals surface area contributed by atoms with Crippen molar-refractivity contribution in [3.63, 3.8) is 0 Å². The maximum Gasteiger partial charge on any atom is 0.303 e. The molecule has 0 aliphatic rings. The van der Waals surface area contributed by atoms with Gasteiger partial charge in [0.1, 0.15) is 5.82 Å². The summed E-state index contributed by atoms with van der Waals surface area (Å²) in [5.74, 6) is -1.50. The number of halogens is 3. The molecule has 1 aromatic carbocycles. The van der Waals surface area contributed by atoms with Gasteiger partial charge in [0, 0.05) is 16.9 Å². The molecule has 0 saturated heterocycles. The molecule has 16 heavy (non-hydrogen) atoms. The molecule has 0 bridgehead atoms. The lowest BCUT2D eigenvalue weighted by Crippen LogP contribution is -2.12. The summed E-state index contributed by atoms with van der Waals surface area (Å²) in [6.07, 6.45) is 0.200. The van der Waals surface area contributed by atoms with E-state index in [1.165, 1.54) is 6.07 Å². The minimum Gasteiger partial charge on any atom is -0.481 e. The van der Waals surface area contributed by atoms with Gasteiger partial charge in [0.25, 0.3) is 0 Å². The molecule has 0 aliphatic carbocycles. The monoisotopic (exact) mass is 309 g/mol. The standard InChI is InChI=1S/C10H10BrClFNO2/c11-6-3-5(4-7(13)10(6)12)8(14)1-2-9(15)16/h3-4,8H,1-2,14H2,(H,15,16). The van der Waals surface area contributed by atoms with Gasteiger partial charge < -0.3 is 10.8 Å². The smallest absolute Gasteiger partial charge is 0.303 e. The van der Waals surface area contributed by atoms with Crippen molar-refractivity contribution in [3.8, 4) is 0 Å². The van der Waals surface area contributed by atoms with Crippen molar-refractivity contribution in [1.29, 1.82) is 0 Å². The molecule has 88 valence electrons. The third-order valence-corrected chi connectivity index (χ3v) is 3.34. The number of rotatable bonds is 4. The van der Waals surface area contributed by atoms with E-state index in [0.29, 0.717) is 10.0 Å². The van der Waals surface area contributed by atoms with Crippen molar-refractivity contribution < 1.29 is 14.3 Å². The summed E-state index contributed by atoms with van der Waals surface area (Å²) in [6, 6.07) is 2.30. The Morgan fingerprint density at radius 2 is 2.25 bits per heavy atom. The number of nitrogens with two attached hydrogens (primary N) is 1. The fourth-order valence-electron chi connectivity index (χ4n) is 1.23. The molecule has 0 heterocycles. The average Bonchev–Trinajstić information content (AvgIpc) is 2.21. The summed E-state index contributed by atoms with van der Waals surface area (Å²) >= 11 is 8.73. The van der Waals surface area contributed by atoms with Gasteiger partial charge in [0.15, 0.2) is 0 Å². The second-order valence-electron chi connectivity index (χ2n) is 3.34. The van der Waals surface area contributed by atoms with Crippen LogP contribution in [0.4, 0.5) is 4.39 Å². The van der Waals surface area contributed by atoms with E-state index in [9.17, 15) is 9.18 Å². The lowest BCUT2D eigenvalue weighted by molar-refractivity contribution is -0.137. The van der Waals surface area contributed by atoms with Crippen LogP contribution in [-0.4, -0.2) is 11.1 Å². The van der Waals surface area contributed by atoms with Crippen molar-refractivity contribution in [3.05, 3.63) is 33.0 Å². The number of benzene rings is 1. The first-order valence-corrected chi connectivity index (χ1v) is 5.70. The van der Waals surface area contributed by atoms with Crippen LogP contribution in [0.25, 0.3) is 0 Å². The zero-order chi connectivity index (χ0) is 12.3. The molecular weight excluding hydrogens is 300 g/mol. The highest BCUT2D eigenvalue weighted by atomic mass is 79.9. The highest BCUT2D eigenvalue weighted by molar-refractivity contribution is 9.10. The van der Waals surface area contributed by atoms with E-state index < -0.39 is 17.8 Å². The van der Waals surface area contributed by atoms with E-state index in [4.69, 9.17) is 22.4 Å². The van der Waals surface area contributed by atoms with Crippen LogP contribution in [-0.2, 0) is 4.79 Å². The van der Waals surface area contributed by atoms with Crippen molar-refractivity contribution in [2.45, 2.75) is 18.9 Å². The molecule has 0 radical (unpaired) electrons. The minimum absolute atomic E-state index is 0.00538. The quantitative estimate of drug-likeness (QED) is 0.840. The molecule has 1 atom stereocenters. The summed E-state index contributed by atoms with van der Waals surface area (Å²) in [5.41, 5.74) is 6.26. The van der Waals surface area contributed by atoms with Gasteiger partial charge in [-0.25, -0.2) is 4.39 Å². The molecule has 0 aromatic heterocycles. The number of hydrogen-bond acceptors (Lipinski definition) is 2. The Morgan fingerprint density at radius 3 is 2.75 bits per heavy atom. The molecule has 0 amide bonds. The van der Waals surface area contributed by atoms with Crippen molar-refractivity contribution >= 4 is 33.5 Å². The molecule has 0 fully saturated rings. The second kappa shape index (κ2) is 5.61. The minimum atomic E-state index is -0.927. The first-order chi connectivity index (χ1) is 7.41. The van der Waals surface area contributed by atoms with Crippen LogP contribution in [0.15, 0.2) is 16.6 Å².